The third kappa shape index (κ3) is 0.368. The summed E-state index contributed by atoms with van der Waals surface area (Å²) in [5.74, 6) is 1.39. The zero-order valence-corrected chi connectivity index (χ0v) is 5.04. The number of Topliss-reactive ketones (excluding diaryl/α,β-unsaturated/α-hetero) is 1. The van der Waals surface area contributed by atoms with Gasteiger partial charge in [0, 0.05) is 12.3 Å². The summed E-state index contributed by atoms with van der Waals surface area (Å²) in [6.45, 7) is 0. The lowest BCUT2D eigenvalue weighted by Gasteiger charge is -1.99. The first kappa shape index (κ1) is 4.45. The predicted octanol–water partition coefficient (Wildman–Crippen LogP) is 0.363. The number of rotatable bonds is 0. The molecular formula is C7H8O2. The molecule has 1 heterocycles. The minimum absolute atomic E-state index is 0.319. The van der Waals surface area contributed by atoms with Gasteiger partial charge >= 0.3 is 0 Å². The Kier molecular flexibility index (Phi) is 0.533. The molecule has 0 N–H and O–H groups in total. The number of carbonyl (C=O) groups excluding carboxylic acids is 1. The van der Waals surface area contributed by atoms with E-state index in [1.54, 1.807) is 0 Å². The van der Waals surface area contributed by atoms with Gasteiger partial charge in [0.15, 0.2) is 0 Å². The highest BCUT2D eigenvalue weighted by atomic mass is 16.6. The molecule has 2 aliphatic carbocycles. The summed E-state index contributed by atoms with van der Waals surface area (Å²) in [4.78, 5) is 11.0. The molecule has 0 aromatic carbocycles. The van der Waals surface area contributed by atoms with E-state index in [9.17, 15) is 4.79 Å². The van der Waals surface area contributed by atoms with E-state index < -0.39 is 0 Å². The van der Waals surface area contributed by atoms with Crippen LogP contribution >= 0.6 is 0 Å². The minimum atomic E-state index is 0.319. The molecule has 0 amide bonds. The highest BCUT2D eigenvalue weighted by Gasteiger charge is 2.63. The molecule has 9 heavy (non-hydrogen) atoms. The van der Waals surface area contributed by atoms with Gasteiger partial charge in [0.25, 0.3) is 0 Å². The van der Waals surface area contributed by atoms with Gasteiger partial charge in [-0.2, -0.15) is 0 Å². The van der Waals surface area contributed by atoms with Crippen LogP contribution in [0.4, 0.5) is 0 Å². The van der Waals surface area contributed by atoms with E-state index in [-0.39, 0.29) is 0 Å². The summed E-state index contributed by atoms with van der Waals surface area (Å²) in [5.41, 5.74) is 0. The molecular weight excluding hydrogens is 116 g/mol. The Bertz CT molecular complexity index is 187. The standard InChI is InChI=1S/C7H8O2/c8-5-2-3-1-4(5)7-6(3)9-7/h3-4,6-7H,1-2H2/t3-,4+,6?,7?/m1/s1. The van der Waals surface area contributed by atoms with E-state index in [1.807, 2.05) is 0 Å². The van der Waals surface area contributed by atoms with Crippen molar-refractivity contribution in [2.24, 2.45) is 11.8 Å². The first-order valence-electron chi connectivity index (χ1n) is 3.54. The average molecular weight is 124 g/mol. The smallest absolute Gasteiger partial charge is 0.139 e. The zero-order valence-electron chi connectivity index (χ0n) is 5.04. The van der Waals surface area contributed by atoms with Gasteiger partial charge in [-0.15, -0.1) is 0 Å². The molecule has 0 radical (unpaired) electrons. The van der Waals surface area contributed by atoms with Gasteiger partial charge < -0.3 is 4.74 Å². The van der Waals surface area contributed by atoms with E-state index in [1.165, 1.54) is 0 Å². The summed E-state index contributed by atoms with van der Waals surface area (Å²) in [6, 6.07) is 0. The number of epoxide rings is 1. The largest absolute Gasteiger partial charge is 0.368 e. The van der Waals surface area contributed by atoms with Crippen molar-refractivity contribution in [1.82, 2.24) is 0 Å². The van der Waals surface area contributed by atoms with E-state index >= 15 is 0 Å². The van der Waals surface area contributed by atoms with Crippen LogP contribution in [0.3, 0.4) is 0 Å². The third-order valence-corrected chi connectivity index (χ3v) is 2.86. The van der Waals surface area contributed by atoms with Crippen LogP contribution < -0.4 is 0 Å². The summed E-state index contributed by atoms with van der Waals surface area (Å²) in [5, 5.41) is 0. The van der Waals surface area contributed by atoms with Crippen molar-refractivity contribution in [3.63, 3.8) is 0 Å². The Morgan fingerprint density at radius 3 is 2.89 bits per heavy atom. The van der Waals surface area contributed by atoms with E-state index in [0.717, 1.165) is 12.8 Å². The molecule has 2 nitrogen and oxygen atoms in total. The maximum Gasteiger partial charge on any atom is 0.139 e. The van der Waals surface area contributed by atoms with Crippen molar-refractivity contribution in [3.05, 3.63) is 0 Å². The first-order valence-corrected chi connectivity index (χ1v) is 3.54. The van der Waals surface area contributed by atoms with Crippen molar-refractivity contribution < 1.29 is 9.53 Å². The first-order chi connectivity index (χ1) is 4.36. The van der Waals surface area contributed by atoms with E-state index in [2.05, 4.69) is 0 Å². The third-order valence-electron chi connectivity index (χ3n) is 2.86. The van der Waals surface area contributed by atoms with Gasteiger partial charge in [-0.3, -0.25) is 4.79 Å². The lowest BCUT2D eigenvalue weighted by molar-refractivity contribution is -0.121. The number of carbonyl (C=O) groups is 1. The second kappa shape index (κ2) is 1.08. The quantitative estimate of drug-likeness (QED) is 0.436. The van der Waals surface area contributed by atoms with Crippen LogP contribution in [0.5, 0.6) is 0 Å². The van der Waals surface area contributed by atoms with E-state index in [0.29, 0.717) is 29.8 Å². The molecule has 1 saturated heterocycles. The summed E-state index contributed by atoms with van der Waals surface area (Å²) >= 11 is 0. The Balaban J connectivity index is 2.04. The van der Waals surface area contributed by atoms with Crippen LogP contribution in [0.1, 0.15) is 12.8 Å². The molecule has 4 atom stereocenters. The highest BCUT2D eigenvalue weighted by Crippen LogP contribution is 2.54. The number of ether oxygens (including phenoxy) is 1. The Labute approximate surface area is 53.2 Å². The van der Waals surface area contributed by atoms with Gasteiger partial charge in [0.1, 0.15) is 5.78 Å². The van der Waals surface area contributed by atoms with Gasteiger partial charge in [-0.1, -0.05) is 0 Å². The van der Waals surface area contributed by atoms with E-state index in [4.69, 9.17) is 4.74 Å². The normalized spacial score (nSPS) is 60.2. The van der Waals surface area contributed by atoms with Crippen LogP contribution in [-0.2, 0) is 9.53 Å². The molecule has 0 aromatic rings. The fraction of sp³-hybridized carbons (Fsp3) is 0.857. The summed E-state index contributed by atoms with van der Waals surface area (Å²) in [7, 11) is 0. The maximum atomic E-state index is 11.0. The van der Waals surface area contributed by atoms with Crippen LogP contribution in [0, 0.1) is 11.8 Å². The number of hydrogen-bond donors (Lipinski definition) is 0. The van der Waals surface area contributed by atoms with Crippen LogP contribution in [0.2, 0.25) is 0 Å². The SMILES string of the molecule is O=C1C[C@H]2C[C@@H]1C1OC12. The molecule has 3 aliphatic rings. The topological polar surface area (TPSA) is 29.6 Å². The highest BCUT2D eigenvalue weighted by molar-refractivity contribution is 5.86. The molecule has 1 aliphatic heterocycles. The second-order valence-electron chi connectivity index (χ2n) is 3.34. The Hall–Kier alpha value is -0.370. The van der Waals surface area contributed by atoms with Crippen LogP contribution in [0.25, 0.3) is 0 Å². The fourth-order valence-electron chi connectivity index (χ4n) is 2.36. The minimum Gasteiger partial charge on any atom is -0.368 e. The van der Waals surface area contributed by atoms with Crippen molar-refractivity contribution in [1.29, 1.82) is 0 Å². The Morgan fingerprint density at radius 2 is 2.33 bits per heavy atom. The van der Waals surface area contributed by atoms with Gasteiger partial charge in [0.05, 0.1) is 12.2 Å². The second-order valence-corrected chi connectivity index (χ2v) is 3.34. The number of hydrogen-bond acceptors (Lipinski definition) is 2. The lowest BCUT2D eigenvalue weighted by Crippen LogP contribution is -2.16. The van der Waals surface area contributed by atoms with Crippen molar-refractivity contribution in [2.45, 2.75) is 25.0 Å². The van der Waals surface area contributed by atoms with Gasteiger partial charge in [0.2, 0.25) is 0 Å². The molecule has 0 aromatic heterocycles. The molecule has 2 bridgehead atoms. The van der Waals surface area contributed by atoms with Crippen molar-refractivity contribution in [2.75, 3.05) is 0 Å². The fourth-order valence-corrected chi connectivity index (χ4v) is 2.36. The van der Waals surface area contributed by atoms with Crippen LogP contribution in [0.15, 0.2) is 0 Å². The number of ketones is 1. The average Bonchev–Trinajstić information content (AvgIpc) is 2.46. The zero-order chi connectivity index (χ0) is 6.01. The monoisotopic (exact) mass is 124 g/mol. The molecule has 0 spiro atoms. The number of fused-ring (bicyclic) bond motifs is 5. The van der Waals surface area contributed by atoms with Gasteiger partial charge in [-0.25, -0.2) is 0 Å². The maximum absolute atomic E-state index is 11.0. The lowest BCUT2D eigenvalue weighted by atomic mass is 10.00. The van der Waals surface area contributed by atoms with Crippen molar-refractivity contribution >= 4 is 5.78 Å². The molecule has 48 valence electrons. The predicted molar refractivity (Wildman–Crippen MR) is 29.9 cm³/mol. The summed E-state index contributed by atoms with van der Waals surface area (Å²) < 4.78 is 5.29. The Morgan fingerprint density at radius 1 is 1.44 bits per heavy atom. The molecule has 2 saturated carbocycles. The molecule has 2 heteroatoms. The van der Waals surface area contributed by atoms with Gasteiger partial charge in [-0.05, 0) is 12.3 Å². The van der Waals surface area contributed by atoms with Crippen molar-refractivity contribution in [3.8, 4) is 0 Å². The summed E-state index contributed by atoms with van der Waals surface area (Å²) in [6.07, 6.45) is 2.82. The molecule has 2 unspecified atom stereocenters. The van der Waals surface area contributed by atoms with Crippen LogP contribution in [-0.4, -0.2) is 18.0 Å². The molecule has 3 fully saturated rings. The molecule has 3 rings (SSSR count).